The van der Waals surface area contributed by atoms with Crippen molar-refractivity contribution in [3.8, 4) is 0 Å². The third kappa shape index (κ3) is 2.52. The summed E-state index contributed by atoms with van der Waals surface area (Å²) in [6.07, 6.45) is 6.88. The predicted molar refractivity (Wildman–Crippen MR) is 57.5 cm³/mol. The van der Waals surface area contributed by atoms with Gasteiger partial charge in [0.1, 0.15) is 0 Å². The van der Waals surface area contributed by atoms with Crippen LogP contribution in [0.15, 0.2) is 0 Å². The number of fused-ring (bicyclic) bond motifs is 1. The topological polar surface area (TPSA) is 49.7 Å². The van der Waals surface area contributed by atoms with Crippen LogP contribution < -0.4 is 0 Å². The second kappa shape index (κ2) is 5.28. The summed E-state index contributed by atoms with van der Waals surface area (Å²) in [5, 5.41) is 18.7. The Balaban J connectivity index is 1.94. The Morgan fingerprint density at radius 1 is 1.00 bits per heavy atom. The molecule has 2 aliphatic carbocycles. The molecule has 2 fully saturated rings. The highest BCUT2D eigenvalue weighted by atomic mass is 16.5. The molecule has 0 aliphatic heterocycles. The molecule has 0 radical (unpaired) electrons. The van der Waals surface area contributed by atoms with Crippen molar-refractivity contribution in [1.82, 2.24) is 0 Å². The largest absolute Gasteiger partial charge is 0.394 e. The lowest BCUT2D eigenvalue weighted by Gasteiger charge is -2.43. The first-order valence-corrected chi connectivity index (χ1v) is 6.23. The first-order valence-electron chi connectivity index (χ1n) is 6.23. The zero-order chi connectivity index (χ0) is 10.7. The van der Waals surface area contributed by atoms with E-state index >= 15 is 0 Å². The van der Waals surface area contributed by atoms with Crippen LogP contribution >= 0.6 is 0 Å². The van der Waals surface area contributed by atoms with Crippen LogP contribution in [-0.4, -0.2) is 35.6 Å². The van der Waals surface area contributed by atoms with Gasteiger partial charge in [0.05, 0.1) is 25.4 Å². The number of ether oxygens (including phenoxy) is 1. The molecule has 2 saturated carbocycles. The SMILES string of the molecule is OCCO[C@H]1CC[C@H](O)C2CCCCC21. The molecule has 2 aliphatic rings. The molecule has 0 aromatic rings. The molecule has 0 bridgehead atoms. The molecule has 0 heterocycles. The van der Waals surface area contributed by atoms with Gasteiger partial charge in [-0.3, -0.25) is 0 Å². The fourth-order valence-corrected chi connectivity index (χ4v) is 3.30. The summed E-state index contributed by atoms with van der Waals surface area (Å²) in [6.45, 7) is 0.556. The average molecular weight is 214 g/mol. The molecule has 15 heavy (non-hydrogen) atoms. The third-order valence-electron chi connectivity index (χ3n) is 4.02. The van der Waals surface area contributed by atoms with Gasteiger partial charge in [-0.05, 0) is 37.5 Å². The number of rotatable bonds is 3. The van der Waals surface area contributed by atoms with Crippen molar-refractivity contribution in [3.05, 3.63) is 0 Å². The van der Waals surface area contributed by atoms with Gasteiger partial charge in [0.25, 0.3) is 0 Å². The molecule has 88 valence electrons. The van der Waals surface area contributed by atoms with Gasteiger partial charge < -0.3 is 14.9 Å². The fraction of sp³-hybridized carbons (Fsp3) is 1.00. The summed E-state index contributed by atoms with van der Waals surface area (Å²) in [5.41, 5.74) is 0. The van der Waals surface area contributed by atoms with Gasteiger partial charge in [-0.1, -0.05) is 12.8 Å². The molecule has 0 aromatic heterocycles. The van der Waals surface area contributed by atoms with Crippen molar-refractivity contribution in [3.63, 3.8) is 0 Å². The number of aliphatic hydroxyl groups excluding tert-OH is 2. The van der Waals surface area contributed by atoms with Crippen molar-refractivity contribution in [2.45, 2.75) is 50.7 Å². The van der Waals surface area contributed by atoms with Crippen LogP contribution in [-0.2, 0) is 4.74 Å². The molecule has 2 N–H and O–H groups in total. The van der Waals surface area contributed by atoms with Crippen molar-refractivity contribution < 1.29 is 14.9 Å². The van der Waals surface area contributed by atoms with E-state index < -0.39 is 0 Å². The van der Waals surface area contributed by atoms with E-state index in [2.05, 4.69) is 0 Å². The van der Waals surface area contributed by atoms with Crippen LogP contribution in [0.3, 0.4) is 0 Å². The lowest BCUT2D eigenvalue weighted by atomic mass is 9.68. The predicted octanol–water partition coefficient (Wildman–Crippen LogP) is 1.32. The van der Waals surface area contributed by atoms with E-state index in [1.54, 1.807) is 0 Å². The maximum Gasteiger partial charge on any atom is 0.0701 e. The lowest BCUT2D eigenvalue weighted by Crippen LogP contribution is -2.44. The van der Waals surface area contributed by atoms with E-state index in [-0.39, 0.29) is 18.8 Å². The monoisotopic (exact) mass is 214 g/mol. The summed E-state index contributed by atoms with van der Waals surface area (Å²) in [4.78, 5) is 0. The first kappa shape index (κ1) is 11.4. The smallest absolute Gasteiger partial charge is 0.0701 e. The van der Waals surface area contributed by atoms with E-state index in [4.69, 9.17) is 9.84 Å². The molecule has 2 rings (SSSR count). The third-order valence-corrected chi connectivity index (χ3v) is 4.02. The maximum absolute atomic E-state index is 9.94. The zero-order valence-corrected chi connectivity index (χ0v) is 9.27. The van der Waals surface area contributed by atoms with Crippen molar-refractivity contribution >= 4 is 0 Å². The molecular formula is C12H22O3. The number of aliphatic hydroxyl groups is 2. The van der Waals surface area contributed by atoms with Gasteiger partial charge >= 0.3 is 0 Å². The minimum Gasteiger partial charge on any atom is -0.394 e. The highest BCUT2D eigenvalue weighted by Gasteiger charge is 2.40. The highest BCUT2D eigenvalue weighted by molar-refractivity contribution is 4.90. The van der Waals surface area contributed by atoms with E-state index in [0.717, 1.165) is 19.3 Å². The minimum absolute atomic E-state index is 0.107. The second-order valence-electron chi connectivity index (χ2n) is 4.89. The molecule has 0 saturated heterocycles. The summed E-state index contributed by atoms with van der Waals surface area (Å²) >= 11 is 0. The van der Waals surface area contributed by atoms with E-state index in [1.807, 2.05) is 0 Å². The molecule has 4 atom stereocenters. The Morgan fingerprint density at radius 2 is 1.73 bits per heavy atom. The Labute approximate surface area is 91.4 Å². The number of hydrogen-bond acceptors (Lipinski definition) is 3. The van der Waals surface area contributed by atoms with Crippen LogP contribution in [0.25, 0.3) is 0 Å². The van der Waals surface area contributed by atoms with Crippen molar-refractivity contribution in [2.75, 3.05) is 13.2 Å². The standard InChI is InChI=1S/C12H22O3/c13-7-8-15-12-6-5-11(14)9-3-1-2-4-10(9)12/h9-14H,1-8H2/t9?,10?,11-,12-/m0/s1. The summed E-state index contributed by atoms with van der Waals surface area (Å²) < 4.78 is 5.69. The Morgan fingerprint density at radius 3 is 2.47 bits per heavy atom. The lowest BCUT2D eigenvalue weighted by molar-refractivity contribution is -0.0970. The summed E-state index contributed by atoms with van der Waals surface area (Å²) in [7, 11) is 0. The molecule has 3 nitrogen and oxygen atoms in total. The van der Waals surface area contributed by atoms with E-state index in [9.17, 15) is 5.11 Å². The first-order chi connectivity index (χ1) is 7.33. The van der Waals surface area contributed by atoms with Crippen LogP contribution in [0.2, 0.25) is 0 Å². The Hall–Kier alpha value is -0.120. The molecule has 3 heteroatoms. The summed E-state index contributed by atoms with van der Waals surface area (Å²) in [5.74, 6) is 0.991. The molecular weight excluding hydrogens is 192 g/mol. The molecule has 0 spiro atoms. The van der Waals surface area contributed by atoms with Gasteiger partial charge in [-0.15, -0.1) is 0 Å². The van der Waals surface area contributed by atoms with Crippen LogP contribution in [0.1, 0.15) is 38.5 Å². The molecule has 0 aromatic carbocycles. The van der Waals surface area contributed by atoms with Crippen LogP contribution in [0, 0.1) is 11.8 Å². The van der Waals surface area contributed by atoms with Crippen LogP contribution in [0.4, 0.5) is 0 Å². The van der Waals surface area contributed by atoms with Gasteiger partial charge in [0.2, 0.25) is 0 Å². The molecule has 0 amide bonds. The van der Waals surface area contributed by atoms with Gasteiger partial charge in [0, 0.05) is 0 Å². The zero-order valence-electron chi connectivity index (χ0n) is 9.27. The highest BCUT2D eigenvalue weighted by Crippen LogP contribution is 2.41. The second-order valence-corrected chi connectivity index (χ2v) is 4.89. The van der Waals surface area contributed by atoms with Gasteiger partial charge in [-0.2, -0.15) is 0 Å². The van der Waals surface area contributed by atoms with E-state index in [1.165, 1.54) is 19.3 Å². The van der Waals surface area contributed by atoms with Crippen molar-refractivity contribution in [1.29, 1.82) is 0 Å². The van der Waals surface area contributed by atoms with Crippen LogP contribution in [0.5, 0.6) is 0 Å². The van der Waals surface area contributed by atoms with E-state index in [0.29, 0.717) is 18.4 Å². The Bertz CT molecular complexity index is 193. The minimum atomic E-state index is -0.107. The fourth-order valence-electron chi connectivity index (χ4n) is 3.30. The quantitative estimate of drug-likeness (QED) is 0.745. The summed E-state index contributed by atoms with van der Waals surface area (Å²) in [6, 6.07) is 0. The molecule has 2 unspecified atom stereocenters. The number of hydrogen-bond donors (Lipinski definition) is 2. The Kier molecular flexibility index (Phi) is 4.00. The van der Waals surface area contributed by atoms with Gasteiger partial charge in [-0.25, -0.2) is 0 Å². The maximum atomic E-state index is 9.94. The average Bonchev–Trinajstić information content (AvgIpc) is 2.29. The van der Waals surface area contributed by atoms with Gasteiger partial charge in [0.15, 0.2) is 0 Å². The van der Waals surface area contributed by atoms with Crippen molar-refractivity contribution in [2.24, 2.45) is 11.8 Å². The normalized spacial score (nSPS) is 41.2.